The molecule has 158 valence electrons. The van der Waals surface area contributed by atoms with E-state index in [2.05, 4.69) is 25.7 Å². The lowest BCUT2D eigenvalue weighted by molar-refractivity contribution is 0.0734. The molecule has 31 heavy (non-hydrogen) atoms. The first-order valence-corrected chi connectivity index (χ1v) is 10.0. The zero-order valence-electron chi connectivity index (χ0n) is 17.7. The van der Waals surface area contributed by atoms with Gasteiger partial charge in [-0.3, -0.25) is 4.79 Å². The molecule has 0 N–H and O–H groups in total. The molecular formula is C22H23N7O2. The maximum Gasteiger partial charge on any atom is 0.254 e. The van der Waals surface area contributed by atoms with Crippen molar-refractivity contribution in [1.29, 1.82) is 0 Å². The van der Waals surface area contributed by atoms with Gasteiger partial charge in [0, 0.05) is 17.7 Å². The molecule has 0 aliphatic rings. The molecule has 0 aliphatic heterocycles. The lowest BCUT2D eigenvalue weighted by atomic mass is 10.1. The number of hydrogen-bond acceptors (Lipinski definition) is 7. The van der Waals surface area contributed by atoms with E-state index in [1.165, 1.54) is 0 Å². The molecule has 0 fully saturated rings. The summed E-state index contributed by atoms with van der Waals surface area (Å²) in [6.45, 7) is 7.10. The second-order valence-electron chi connectivity index (χ2n) is 7.28. The zero-order chi connectivity index (χ0) is 21.8. The minimum atomic E-state index is -0.0945. The third-order valence-electron chi connectivity index (χ3n) is 4.98. The molecule has 9 heteroatoms. The fraction of sp³-hybridized carbons (Fsp3) is 0.273. The highest BCUT2D eigenvalue weighted by Gasteiger charge is 2.18. The van der Waals surface area contributed by atoms with E-state index in [4.69, 9.17) is 4.52 Å². The standard InChI is InChI=1S/C22H23N7O2/c1-4-28(14-20-23-21(25-31-20)19-7-5-6-15(2)12-19)22(30)18-10-8-17(9-11-18)13-29-16(3)24-26-27-29/h5-12H,4,13-14H2,1-3H3. The number of nitrogens with zero attached hydrogens (tertiary/aromatic N) is 7. The van der Waals surface area contributed by atoms with Crippen LogP contribution in [0.15, 0.2) is 53.1 Å². The molecule has 2 aromatic carbocycles. The van der Waals surface area contributed by atoms with Gasteiger partial charge in [0.1, 0.15) is 12.4 Å². The average molecular weight is 417 g/mol. The Morgan fingerprint density at radius 3 is 2.61 bits per heavy atom. The Kier molecular flexibility index (Phi) is 5.83. The van der Waals surface area contributed by atoms with E-state index >= 15 is 0 Å². The van der Waals surface area contributed by atoms with Crippen molar-refractivity contribution in [2.45, 2.75) is 33.9 Å². The fourth-order valence-corrected chi connectivity index (χ4v) is 3.21. The van der Waals surface area contributed by atoms with Crippen LogP contribution in [-0.4, -0.2) is 47.7 Å². The highest BCUT2D eigenvalue weighted by Crippen LogP contribution is 2.18. The Balaban J connectivity index is 1.44. The largest absolute Gasteiger partial charge is 0.337 e. The minimum absolute atomic E-state index is 0.0945. The average Bonchev–Trinajstić information content (AvgIpc) is 3.41. The second-order valence-corrected chi connectivity index (χ2v) is 7.28. The van der Waals surface area contributed by atoms with Crippen LogP contribution in [0.5, 0.6) is 0 Å². The number of tetrazole rings is 1. The molecule has 0 spiro atoms. The molecule has 2 heterocycles. The molecule has 0 atom stereocenters. The number of hydrogen-bond donors (Lipinski definition) is 0. The van der Waals surface area contributed by atoms with Crippen molar-refractivity contribution in [2.75, 3.05) is 6.54 Å². The maximum atomic E-state index is 13.0. The normalized spacial score (nSPS) is 10.9. The minimum Gasteiger partial charge on any atom is -0.337 e. The van der Waals surface area contributed by atoms with Crippen molar-refractivity contribution in [3.05, 3.63) is 76.9 Å². The van der Waals surface area contributed by atoms with Crippen molar-refractivity contribution < 1.29 is 9.32 Å². The van der Waals surface area contributed by atoms with Crippen LogP contribution in [0.2, 0.25) is 0 Å². The molecular weight excluding hydrogens is 394 g/mol. The van der Waals surface area contributed by atoms with E-state index in [1.807, 2.05) is 69.3 Å². The van der Waals surface area contributed by atoms with E-state index in [-0.39, 0.29) is 12.5 Å². The second kappa shape index (κ2) is 8.86. The van der Waals surface area contributed by atoms with E-state index in [0.717, 1.165) is 22.5 Å². The topological polar surface area (TPSA) is 103 Å². The fourth-order valence-electron chi connectivity index (χ4n) is 3.21. The molecule has 4 rings (SSSR count). The zero-order valence-corrected chi connectivity index (χ0v) is 17.7. The van der Waals surface area contributed by atoms with Crippen LogP contribution >= 0.6 is 0 Å². The van der Waals surface area contributed by atoms with Crippen LogP contribution in [0.1, 0.15) is 40.1 Å². The van der Waals surface area contributed by atoms with Crippen molar-refractivity contribution in [1.82, 2.24) is 35.2 Å². The Hall–Kier alpha value is -3.88. The van der Waals surface area contributed by atoms with Gasteiger partial charge in [-0.05, 0) is 55.0 Å². The van der Waals surface area contributed by atoms with Crippen LogP contribution in [0.3, 0.4) is 0 Å². The molecule has 0 aliphatic carbocycles. The van der Waals surface area contributed by atoms with Gasteiger partial charge in [0.25, 0.3) is 5.91 Å². The van der Waals surface area contributed by atoms with Gasteiger partial charge < -0.3 is 9.42 Å². The first kappa shape index (κ1) is 20.4. The van der Waals surface area contributed by atoms with Gasteiger partial charge in [0.05, 0.1) is 6.54 Å². The number of aryl methyl sites for hydroxylation is 2. The van der Waals surface area contributed by atoms with E-state index in [0.29, 0.717) is 30.4 Å². The smallest absolute Gasteiger partial charge is 0.254 e. The van der Waals surface area contributed by atoms with Gasteiger partial charge in [-0.15, -0.1) is 5.10 Å². The van der Waals surface area contributed by atoms with Crippen molar-refractivity contribution >= 4 is 5.91 Å². The number of rotatable bonds is 7. The number of carbonyl (C=O) groups is 1. The quantitative estimate of drug-likeness (QED) is 0.455. The highest BCUT2D eigenvalue weighted by atomic mass is 16.5. The van der Waals surface area contributed by atoms with Crippen LogP contribution in [0.4, 0.5) is 0 Å². The summed E-state index contributed by atoms with van der Waals surface area (Å²) < 4.78 is 7.09. The predicted molar refractivity (Wildman–Crippen MR) is 113 cm³/mol. The summed E-state index contributed by atoms with van der Waals surface area (Å²) in [5.74, 6) is 1.56. The van der Waals surface area contributed by atoms with E-state index in [1.54, 1.807) is 9.58 Å². The molecule has 0 saturated carbocycles. The Bertz CT molecular complexity index is 1180. The summed E-state index contributed by atoms with van der Waals surface area (Å²) in [4.78, 5) is 19.1. The number of amides is 1. The summed E-state index contributed by atoms with van der Waals surface area (Å²) in [5, 5.41) is 15.5. The number of aromatic nitrogens is 6. The molecule has 9 nitrogen and oxygen atoms in total. The monoisotopic (exact) mass is 417 g/mol. The third kappa shape index (κ3) is 4.66. The molecule has 0 unspecified atom stereocenters. The number of carbonyl (C=O) groups excluding carboxylic acids is 1. The molecule has 0 saturated heterocycles. The maximum absolute atomic E-state index is 13.0. The van der Waals surface area contributed by atoms with Gasteiger partial charge in [0.15, 0.2) is 0 Å². The van der Waals surface area contributed by atoms with E-state index < -0.39 is 0 Å². The molecule has 0 radical (unpaired) electrons. The SMILES string of the molecule is CCN(Cc1nc(-c2cccc(C)c2)no1)C(=O)c1ccc(Cn2nnnc2C)cc1. The van der Waals surface area contributed by atoms with Gasteiger partial charge in [-0.25, -0.2) is 4.68 Å². The molecule has 1 amide bonds. The van der Waals surface area contributed by atoms with Gasteiger partial charge in [-0.2, -0.15) is 4.98 Å². The Morgan fingerprint density at radius 1 is 1.13 bits per heavy atom. The Labute approximate surface area is 179 Å². The van der Waals surface area contributed by atoms with Gasteiger partial charge in [0.2, 0.25) is 11.7 Å². The van der Waals surface area contributed by atoms with Gasteiger partial charge >= 0.3 is 0 Å². The lowest BCUT2D eigenvalue weighted by Gasteiger charge is -2.19. The summed E-state index contributed by atoms with van der Waals surface area (Å²) in [7, 11) is 0. The molecule has 4 aromatic rings. The first-order chi connectivity index (χ1) is 15.0. The van der Waals surface area contributed by atoms with Crippen LogP contribution in [0.25, 0.3) is 11.4 Å². The summed E-state index contributed by atoms with van der Waals surface area (Å²) >= 11 is 0. The van der Waals surface area contributed by atoms with Crippen LogP contribution < -0.4 is 0 Å². The van der Waals surface area contributed by atoms with Crippen LogP contribution in [-0.2, 0) is 13.1 Å². The van der Waals surface area contributed by atoms with Crippen molar-refractivity contribution in [3.8, 4) is 11.4 Å². The summed E-state index contributed by atoms with van der Waals surface area (Å²) in [5.41, 5.74) is 3.61. The lowest BCUT2D eigenvalue weighted by Crippen LogP contribution is -2.30. The summed E-state index contributed by atoms with van der Waals surface area (Å²) in [6.07, 6.45) is 0. The van der Waals surface area contributed by atoms with Crippen LogP contribution in [0, 0.1) is 13.8 Å². The highest BCUT2D eigenvalue weighted by molar-refractivity contribution is 5.94. The first-order valence-electron chi connectivity index (χ1n) is 10.0. The summed E-state index contributed by atoms with van der Waals surface area (Å²) in [6, 6.07) is 15.3. The van der Waals surface area contributed by atoms with E-state index in [9.17, 15) is 4.79 Å². The van der Waals surface area contributed by atoms with Crippen molar-refractivity contribution in [3.63, 3.8) is 0 Å². The molecule has 0 bridgehead atoms. The Morgan fingerprint density at radius 2 is 1.94 bits per heavy atom. The predicted octanol–water partition coefficient (Wildman–Crippen LogP) is 3.05. The number of benzene rings is 2. The third-order valence-corrected chi connectivity index (χ3v) is 4.98. The van der Waals surface area contributed by atoms with Crippen molar-refractivity contribution in [2.24, 2.45) is 0 Å². The van der Waals surface area contributed by atoms with Gasteiger partial charge in [-0.1, -0.05) is 41.1 Å². The molecule has 2 aromatic heterocycles.